The van der Waals surface area contributed by atoms with Crippen molar-refractivity contribution >= 4 is 0 Å². The van der Waals surface area contributed by atoms with Crippen molar-refractivity contribution in [2.45, 2.75) is 79.1 Å². The second-order valence-electron chi connectivity index (χ2n) is 7.16. The molecule has 114 valence electrons. The van der Waals surface area contributed by atoms with Crippen LogP contribution >= 0.6 is 0 Å². The van der Waals surface area contributed by atoms with Crippen molar-refractivity contribution < 1.29 is 0 Å². The standard InChI is InChI=1S/C18H37N/c1-5-7-17(8-6-2)9-10-18-11-13-19(14-12-18)15-16(3)4/h16-18H,5-15H2,1-4H3. The van der Waals surface area contributed by atoms with Crippen LogP contribution in [0.2, 0.25) is 0 Å². The molecule has 0 aliphatic carbocycles. The monoisotopic (exact) mass is 267 g/mol. The third-order valence-corrected chi connectivity index (χ3v) is 4.71. The molecule has 0 bridgehead atoms. The number of likely N-dealkylation sites (tertiary alicyclic amines) is 1. The molecule has 0 amide bonds. The first-order valence-corrected chi connectivity index (χ1v) is 8.88. The van der Waals surface area contributed by atoms with Gasteiger partial charge >= 0.3 is 0 Å². The second-order valence-corrected chi connectivity index (χ2v) is 7.16. The summed E-state index contributed by atoms with van der Waals surface area (Å²) in [6, 6.07) is 0. The fourth-order valence-corrected chi connectivity index (χ4v) is 3.69. The van der Waals surface area contributed by atoms with E-state index < -0.39 is 0 Å². The Kier molecular flexibility index (Phi) is 8.77. The van der Waals surface area contributed by atoms with Gasteiger partial charge in [-0.15, -0.1) is 0 Å². The van der Waals surface area contributed by atoms with E-state index in [2.05, 4.69) is 32.6 Å². The molecule has 1 aliphatic rings. The van der Waals surface area contributed by atoms with Crippen LogP contribution in [-0.4, -0.2) is 24.5 Å². The van der Waals surface area contributed by atoms with Gasteiger partial charge in [0.1, 0.15) is 0 Å². The summed E-state index contributed by atoms with van der Waals surface area (Å²) in [5, 5.41) is 0. The summed E-state index contributed by atoms with van der Waals surface area (Å²) in [4.78, 5) is 2.68. The van der Waals surface area contributed by atoms with Gasteiger partial charge in [0.2, 0.25) is 0 Å². The van der Waals surface area contributed by atoms with Gasteiger partial charge < -0.3 is 4.90 Å². The topological polar surface area (TPSA) is 3.24 Å². The average Bonchev–Trinajstić information content (AvgIpc) is 2.37. The molecule has 1 heterocycles. The first kappa shape index (κ1) is 17.0. The third-order valence-electron chi connectivity index (χ3n) is 4.71. The van der Waals surface area contributed by atoms with E-state index in [0.29, 0.717) is 0 Å². The summed E-state index contributed by atoms with van der Waals surface area (Å²) in [7, 11) is 0. The van der Waals surface area contributed by atoms with Gasteiger partial charge in [-0.25, -0.2) is 0 Å². The highest BCUT2D eigenvalue weighted by Crippen LogP contribution is 2.27. The van der Waals surface area contributed by atoms with E-state index in [-0.39, 0.29) is 0 Å². The molecule has 1 heteroatoms. The van der Waals surface area contributed by atoms with E-state index in [4.69, 9.17) is 0 Å². The Morgan fingerprint density at radius 2 is 1.53 bits per heavy atom. The number of rotatable bonds is 9. The number of hydrogen-bond donors (Lipinski definition) is 0. The molecule has 0 aromatic carbocycles. The number of nitrogens with zero attached hydrogens (tertiary/aromatic N) is 1. The molecule has 0 spiro atoms. The first-order valence-electron chi connectivity index (χ1n) is 8.88. The van der Waals surface area contributed by atoms with E-state index in [1.54, 1.807) is 0 Å². The maximum Gasteiger partial charge on any atom is 0.000439 e. The smallest absolute Gasteiger partial charge is 0.000439 e. The molecule has 0 saturated carbocycles. The summed E-state index contributed by atoms with van der Waals surface area (Å²) < 4.78 is 0. The van der Waals surface area contributed by atoms with Crippen LogP contribution in [0.4, 0.5) is 0 Å². The quantitative estimate of drug-likeness (QED) is 0.544. The third kappa shape index (κ3) is 7.34. The van der Waals surface area contributed by atoms with Crippen molar-refractivity contribution in [2.24, 2.45) is 17.8 Å². The second kappa shape index (κ2) is 9.80. The van der Waals surface area contributed by atoms with Gasteiger partial charge in [0.25, 0.3) is 0 Å². The Morgan fingerprint density at radius 3 is 2.00 bits per heavy atom. The van der Waals surface area contributed by atoms with Crippen LogP contribution in [0.1, 0.15) is 79.1 Å². The maximum absolute atomic E-state index is 2.68. The zero-order chi connectivity index (χ0) is 14.1. The van der Waals surface area contributed by atoms with E-state index in [9.17, 15) is 0 Å². The molecular weight excluding hydrogens is 230 g/mol. The minimum absolute atomic E-state index is 0.829. The SMILES string of the molecule is CCCC(CCC)CCC1CCN(CC(C)C)CC1. The van der Waals surface area contributed by atoms with Crippen molar-refractivity contribution in [3.8, 4) is 0 Å². The molecule has 1 fully saturated rings. The van der Waals surface area contributed by atoms with Crippen molar-refractivity contribution in [1.82, 2.24) is 4.90 Å². The molecule has 1 nitrogen and oxygen atoms in total. The lowest BCUT2D eigenvalue weighted by Gasteiger charge is -2.33. The van der Waals surface area contributed by atoms with Gasteiger partial charge in [-0.1, -0.05) is 66.2 Å². The summed E-state index contributed by atoms with van der Waals surface area (Å²) in [6.07, 6.45) is 11.6. The van der Waals surface area contributed by atoms with Gasteiger partial charge in [0.05, 0.1) is 0 Å². The van der Waals surface area contributed by atoms with Crippen molar-refractivity contribution in [3.05, 3.63) is 0 Å². The lowest BCUT2D eigenvalue weighted by Crippen LogP contribution is -2.36. The molecule has 1 saturated heterocycles. The molecule has 0 unspecified atom stereocenters. The Hall–Kier alpha value is -0.0400. The minimum atomic E-state index is 0.829. The van der Waals surface area contributed by atoms with Crippen LogP contribution in [0.15, 0.2) is 0 Å². The van der Waals surface area contributed by atoms with Gasteiger partial charge in [-0.05, 0) is 43.7 Å². The van der Waals surface area contributed by atoms with Gasteiger partial charge in [0, 0.05) is 6.54 Å². The van der Waals surface area contributed by atoms with Gasteiger partial charge in [-0.2, -0.15) is 0 Å². The van der Waals surface area contributed by atoms with Gasteiger partial charge in [-0.3, -0.25) is 0 Å². The highest BCUT2D eigenvalue weighted by atomic mass is 15.1. The Labute approximate surface area is 122 Å². The lowest BCUT2D eigenvalue weighted by atomic mass is 9.85. The Bertz CT molecular complexity index is 198. The lowest BCUT2D eigenvalue weighted by molar-refractivity contribution is 0.158. The maximum atomic E-state index is 2.68. The summed E-state index contributed by atoms with van der Waals surface area (Å²) in [5.74, 6) is 2.87. The average molecular weight is 268 g/mol. The normalized spacial score (nSPS) is 18.6. The molecule has 0 N–H and O–H groups in total. The molecule has 0 atom stereocenters. The van der Waals surface area contributed by atoms with Crippen molar-refractivity contribution in [1.29, 1.82) is 0 Å². The van der Waals surface area contributed by atoms with Crippen LogP contribution in [0.5, 0.6) is 0 Å². The summed E-state index contributed by atoms with van der Waals surface area (Å²) in [5.41, 5.74) is 0. The predicted molar refractivity (Wildman–Crippen MR) is 86.5 cm³/mol. The first-order chi connectivity index (χ1) is 9.15. The van der Waals surface area contributed by atoms with E-state index in [0.717, 1.165) is 17.8 Å². The molecule has 0 aromatic rings. The number of piperidine rings is 1. The molecule has 19 heavy (non-hydrogen) atoms. The highest BCUT2D eigenvalue weighted by molar-refractivity contribution is 4.74. The summed E-state index contributed by atoms with van der Waals surface area (Å²) in [6.45, 7) is 13.4. The molecule has 0 aromatic heterocycles. The van der Waals surface area contributed by atoms with E-state index in [1.807, 2.05) is 0 Å². The summed E-state index contributed by atoms with van der Waals surface area (Å²) >= 11 is 0. The van der Waals surface area contributed by atoms with Crippen LogP contribution in [0.25, 0.3) is 0 Å². The van der Waals surface area contributed by atoms with Crippen LogP contribution in [0.3, 0.4) is 0 Å². The van der Waals surface area contributed by atoms with Gasteiger partial charge in [0.15, 0.2) is 0 Å². The predicted octanol–water partition coefficient (Wildman–Crippen LogP) is 5.35. The van der Waals surface area contributed by atoms with Crippen LogP contribution in [-0.2, 0) is 0 Å². The number of hydrogen-bond acceptors (Lipinski definition) is 1. The Morgan fingerprint density at radius 1 is 0.947 bits per heavy atom. The molecular formula is C18H37N. The molecule has 1 rings (SSSR count). The van der Waals surface area contributed by atoms with Crippen LogP contribution in [0, 0.1) is 17.8 Å². The highest BCUT2D eigenvalue weighted by Gasteiger charge is 2.20. The fraction of sp³-hybridized carbons (Fsp3) is 1.00. The van der Waals surface area contributed by atoms with Crippen molar-refractivity contribution in [2.75, 3.05) is 19.6 Å². The fourth-order valence-electron chi connectivity index (χ4n) is 3.69. The zero-order valence-electron chi connectivity index (χ0n) is 14.0. The molecule has 1 aliphatic heterocycles. The largest absolute Gasteiger partial charge is 0.303 e. The van der Waals surface area contributed by atoms with E-state index in [1.165, 1.54) is 71.0 Å². The zero-order valence-corrected chi connectivity index (χ0v) is 14.0. The Balaban J connectivity index is 2.17. The minimum Gasteiger partial charge on any atom is -0.303 e. The van der Waals surface area contributed by atoms with Crippen molar-refractivity contribution in [3.63, 3.8) is 0 Å². The van der Waals surface area contributed by atoms with Crippen LogP contribution < -0.4 is 0 Å². The van der Waals surface area contributed by atoms with E-state index >= 15 is 0 Å². The molecule has 0 radical (unpaired) electrons.